The van der Waals surface area contributed by atoms with Crippen LogP contribution in [0.2, 0.25) is 19.6 Å². The predicted octanol–water partition coefficient (Wildman–Crippen LogP) is 2.57. The van der Waals surface area contributed by atoms with Gasteiger partial charge in [-0.3, -0.25) is 0 Å². The van der Waals surface area contributed by atoms with Crippen LogP contribution >= 0.6 is 0 Å². The van der Waals surface area contributed by atoms with Gasteiger partial charge < -0.3 is 9.31 Å². The fraction of sp³-hybridized carbons (Fsp3) is 0.667. The van der Waals surface area contributed by atoms with Crippen LogP contribution in [0.5, 0.6) is 0 Å². The first-order chi connectivity index (χ1) is 7.99. The highest BCUT2D eigenvalue weighted by atomic mass is 28.3. The van der Waals surface area contributed by atoms with Gasteiger partial charge in [0.15, 0.2) is 7.17 Å². The molecule has 0 N–H and O–H groups in total. The van der Waals surface area contributed by atoms with Crippen molar-refractivity contribution in [2.45, 2.75) is 39.9 Å². The van der Waals surface area contributed by atoms with E-state index in [1.807, 2.05) is 13.8 Å². The molecule has 0 atom stereocenters. The first kappa shape index (κ1) is 14.8. The van der Waals surface area contributed by atoms with E-state index in [-0.39, 0.29) is 7.01 Å². The maximum Gasteiger partial charge on any atom is 0.407 e. The van der Waals surface area contributed by atoms with Crippen molar-refractivity contribution in [2.75, 3.05) is 13.2 Å². The molecule has 1 aliphatic carbocycles. The van der Waals surface area contributed by atoms with Crippen LogP contribution in [0.4, 0.5) is 0 Å². The summed E-state index contributed by atoms with van der Waals surface area (Å²) in [6, 6.07) is 0. The molecule has 0 spiro atoms. The van der Waals surface area contributed by atoms with Crippen LogP contribution in [-0.4, -0.2) is 35.5 Å². The van der Waals surface area contributed by atoms with Crippen molar-refractivity contribution in [2.24, 2.45) is 0 Å². The second-order valence-electron chi connectivity index (χ2n) is 5.42. The lowest BCUT2D eigenvalue weighted by Crippen LogP contribution is -2.34. The van der Waals surface area contributed by atoms with Crippen molar-refractivity contribution in [1.29, 1.82) is 0 Å². The van der Waals surface area contributed by atoms with E-state index in [4.69, 9.17) is 9.31 Å². The van der Waals surface area contributed by atoms with Crippen LogP contribution in [0.15, 0.2) is 22.8 Å². The molecule has 0 unspecified atom stereocenters. The monoisotopic (exact) mass is 250 g/mol. The fourth-order valence-electron chi connectivity index (χ4n) is 2.26. The van der Waals surface area contributed by atoms with Crippen molar-refractivity contribution >= 4 is 22.3 Å². The molecule has 0 saturated heterocycles. The number of hydrogen-bond donors (Lipinski definition) is 0. The smallest absolute Gasteiger partial charge is 0.407 e. The normalized spacial score (nSPS) is 15.6. The van der Waals surface area contributed by atoms with Crippen molar-refractivity contribution in [3.05, 3.63) is 22.8 Å². The largest absolute Gasteiger partial charge is 0.418 e. The summed E-state index contributed by atoms with van der Waals surface area (Å²) in [5, 5.41) is 1.59. The average molecular weight is 250 g/mol. The molecule has 0 aromatic carbocycles. The maximum absolute atomic E-state index is 5.64. The molecule has 0 fully saturated rings. The summed E-state index contributed by atoms with van der Waals surface area (Å²) >= 11 is 0. The van der Waals surface area contributed by atoms with E-state index in [1.54, 1.807) is 5.20 Å². The topological polar surface area (TPSA) is 18.5 Å². The number of hydrogen-bond acceptors (Lipinski definition) is 2. The Morgan fingerprint density at radius 3 is 2.29 bits per heavy atom. The van der Waals surface area contributed by atoms with Crippen LogP contribution in [0, 0.1) is 0 Å². The van der Waals surface area contributed by atoms with Crippen LogP contribution in [0.25, 0.3) is 0 Å². The highest BCUT2D eigenvalue weighted by Gasteiger charge is 2.28. The Morgan fingerprint density at radius 2 is 1.82 bits per heavy atom. The van der Waals surface area contributed by atoms with E-state index in [0.29, 0.717) is 13.2 Å². The molecule has 0 radical (unpaired) electrons. The number of allylic oxidation sites excluding steroid dienone is 4. The minimum atomic E-state index is -1.22. The Hall–Kier alpha value is -0.253. The zero-order chi connectivity index (χ0) is 12.9. The minimum Gasteiger partial charge on any atom is -0.418 e. The van der Waals surface area contributed by atoms with E-state index < -0.39 is 8.07 Å². The lowest BCUT2D eigenvalue weighted by molar-refractivity contribution is 0.231. The van der Waals surface area contributed by atoms with E-state index in [0.717, 1.165) is 13.6 Å². The molecule has 0 aliphatic heterocycles. The van der Waals surface area contributed by atoms with Crippen molar-refractivity contribution in [3.63, 3.8) is 0 Å². The third-order valence-corrected chi connectivity index (χ3v) is 5.09. The second kappa shape index (κ2) is 6.62. The van der Waals surface area contributed by atoms with E-state index in [1.165, 1.54) is 5.47 Å². The van der Waals surface area contributed by atoms with Crippen molar-refractivity contribution in [3.8, 4) is 0 Å². The maximum atomic E-state index is 5.64. The fourth-order valence-corrected chi connectivity index (χ4v) is 4.14. The molecule has 0 bridgehead atoms. The molecule has 17 heavy (non-hydrogen) atoms. The second-order valence-corrected chi connectivity index (χ2v) is 10.5. The zero-order valence-corrected chi connectivity index (χ0v) is 12.9. The summed E-state index contributed by atoms with van der Waals surface area (Å²) in [5.74, 6) is 0. The van der Waals surface area contributed by atoms with E-state index in [2.05, 4.69) is 31.8 Å². The Balaban J connectivity index is 2.71. The summed E-state index contributed by atoms with van der Waals surface area (Å²) in [6.45, 7) is 12.7. The van der Waals surface area contributed by atoms with Crippen molar-refractivity contribution in [1.82, 2.24) is 0 Å². The molecule has 0 heterocycles. The lowest BCUT2D eigenvalue weighted by atomic mass is 9.39. The Morgan fingerprint density at radius 1 is 1.24 bits per heavy atom. The van der Waals surface area contributed by atoms with E-state index >= 15 is 0 Å². The van der Waals surface area contributed by atoms with E-state index in [9.17, 15) is 0 Å². The third kappa shape index (κ3) is 4.49. The van der Waals surface area contributed by atoms with Gasteiger partial charge in [0.05, 0.1) is 8.07 Å². The van der Waals surface area contributed by atoms with Gasteiger partial charge in [-0.1, -0.05) is 37.0 Å². The third-order valence-electron chi connectivity index (χ3n) is 2.96. The predicted molar refractivity (Wildman–Crippen MR) is 80.3 cm³/mol. The van der Waals surface area contributed by atoms with Gasteiger partial charge in [0.1, 0.15) is 0 Å². The molecule has 0 aromatic rings. The van der Waals surface area contributed by atoms with Gasteiger partial charge in [0.2, 0.25) is 0 Å². The first-order valence-corrected chi connectivity index (χ1v) is 10.1. The summed E-state index contributed by atoms with van der Waals surface area (Å²) in [7, 11) is -0.357. The molecule has 1 rings (SSSR count). The summed E-state index contributed by atoms with van der Waals surface area (Å²) in [6.07, 6.45) is 5.67. The highest BCUT2D eigenvalue weighted by molar-refractivity contribution is 7.09. The van der Waals surface area contributed by atoms with Crippen LogP contribution in [0.3, 0.4) is 0 Å². The molecule has 0 saturated carbocycles. The first-order valence-electron chi connectivity index (χ1n) is 6.61. The Bertz CT molecular complexity index is 302. The van der Waals surface area contributed by atoms with Crippen molar-refractivity contribution < 1.29 is 9.31 Å². The van der Waals surface area contributed by atoms with Gasteiger partial charge in [-0.05, 0) is 20.3 Å². The quantitative estimate of drug-likeness (QED) is 0.646. The standard InChI is InChI=1S/C12H24B2O2Si/c1-6-15-14(16-7-2)13-11-9-8-10-12(11)17(3,4)5/h8,10,13H,6-7,9H2,1-5H3. The highest BCUT2D eigenvalue weighted by Crippen LogP contribution is 2.27. The van der Waals surface area contributed by atoms with Gasteiger partial charge in [0, 0.05) is 13.2 Å². The van der Waals surface area contributed by atoms with Gasteiger partial charge in [-0.15, -0.1) is 5.47 Å². The van der Waals surface area contributed by atoms with Crippen LogP contribution in [-0.2, 0) is 9.31 Å². The Labute approximate surface area is 108 Å². The van der Waals surface area contributed by atoms with Crippen LogP contribution < -0.4 is 0 Å². The Kier molecular flexibility index (Phi) is 5.76. The van der Waals surface area contributed by atoms with Gasteiger partial charge in [-0.2, -0.15) is 0 Å². The molecule has 1 aliphatic rings. The summed E-state index contributed by atoms with van der Waals surface area (Å²) < 4.78 is 11.3. The minimum absolute atomic E-state index is 0.0637. The molecule has 0 amide bonds. The number of rotatable bonds is 7. The van der Waals surface area contributed by atoms with Gasteiger partial charge in [0.25, 0.3) is 0 Å². The zero-order valence-electron chi connectivity index (χ0n) is 11.9. The van der Waals surface area contributed by atoms with Gasteiger partial charge in [-0.25, -0.2) is 0 Å². The SMILES string of the molecule is CCOB(BC1=C([Si](C)(C)C)C=CC1)OCC. The van der Waals surface area contributed by atoms with Crippen LogP contribution in [0.1, 0.15) is 20.3 Å². The molecule has 2 nitrogen and oxygen atoms in total. The average Bonchev–Trinajstić information content (AvgIpc) is 2.66. The molecular weight excluding hydrogens is 226 g/mol. The molecule has 0 aromatic heterocycles. The summed E-state index contributed by atoms with van der Waals surface area (Å²) in [5.41, 5.74) is 1.52. The molecular formula is C12H24B2O2Si. The molecule has 5 heteroatoms. The molecule has 94 valence electrons. The lowest BCUT2D eigenvalue weighted by Gasteiger charge is -2.21. The summed E-state index contributed by atoms with van der Waals surface area (Å²) in [4.78, 5) is 0. The van der Waals surface area contributed by atoms with Gasteiger partial charge >= 0.3 is 7.01 Å².